The molecule has 0 radical (unpaired) electrons. The summed E-state index contributed by atoms with van der Waals surface area (Å²) >= 11 is 3.67. The number of halogens is 2. The number of nitrogens with zero attached hydrogens (tertiary/aromatic N) is 3. The first-order chi connectivity index (χ1) is 13.5. The number of benzene rings is 2. The van der Waals surface area contributed by atoms with E-state index in [1.165, 1.54) is 6.07 Å². The van der Waals surface area contributed by atoms with E-state index in [1.807, 2.05) is 38.1 Å². The van der Waals surface area contributed by atoms with Gasteiger partial charge in [0.05, 0.1) is 23.0 Å². The Morgan fingerprint density at radius 3 is 2.54 bits per heavy atom. The molecule has 138 valence electrons. The number of hydrogen-bond donors (Lipinski definition) is 0. The van der Waals surface area contributed by atoms with Crippen LogP contribution in [0.2, 0.25) is 0 Å². The predicted octanol–water partition coefficient (Wildman–Crippen LogP) is 5.98. The van der Waals surface area contributed by atoms with Crippen molar-refractivity contribution in [3.05, 3.63) is 93.0 Å². The molecule has 28 heavy (non-hydrogen) atoms. The summed E-state index contributed by atoms with van der Waals surface area (Å²) < 4.78 is 16.9. The molecule has 4 aromatic rings. The SMILES string of the molecule is Cc1cc2nc(-c3ccc(C#N)cc3)c(Cc3cccc(F)c3)n2c(C)c1Br. The van der Waals surface area contributed by atoms with E-state index in [9.17, 15) is 4.39 Å². The molecule has 0 aliphatic rings. The van der Waals surface area contributed by atoms with E-state index in [0.29, 0.717) is 12.0 Å². The van der Waals surface area contributed by atoms with E-state index < -0.39 is 0 Å². The molecule has 0 atom stereocenters. The number of fused-ring (bicyclic) bond motifs is 1. The normalized spacial score (nSPS) is 11.0. The Balaban J connectivity index is 1.97. The lowest BCUT2D eigenvalue weighted by Gasteiger charge is -2.11. The van der Waals surface area contributed by atoms with Gasteiger partial charge < -0.3 is 0 Å². The number of aromatic nitrogens is 2. The van der Waals surface area contributed by atoms with Crippen molar-refractivity contribution >= 4 is 21.6 Å². The van der Waals surface area contributed by atoms with Gasteiger partial charge in [-0.15, -0.1) is 0 Å². The minimum absolute atomic E-state index is 0.250. The van der Waals surface area contributed by atoms with Crippen LogP contribution in [0.3, 0.4) is 0 Å². The molecule has 0 saturated heterocycles. The van der Waals surface area contributed by atoms with Crippen LogP contribution in [0.4, 0.5) is 4.39 Å². The largest absolute Gasteiger partial charge is 0.299 e. The molecule has 0 saturated carbocycles. The summed E-state index contributed by atoms with van der Waals surface area (Å²) in [7, 11) is 0. The van der Waals surface area contributed by atoms with Crippen LogP contribution in [0.15, 0.2) is 59.1 Å². The van der Waals surface area contributed by atoms with Crippen LogP contribution in [0, 0.1) is 31.0 Å². The lowest BCUT2D eigenvalue weighted by Crippen LogP contribution is -2.02. The predicted molar refractivity (Wildman–Crippen MR) is 112 cm³/mol. The molecule has 2 heterocycles. The van der Waals surface area contributed by atoms with E-state index in [4.69, 9.17) is 10.2 Å². The Hall–Kier alpha value is -2.97. The lowest BCUT2D eigenvalue weighted by molar-refractivity contribution is 0.626. The highest BCUT2D eigenvalue weighted by atomic mass is 79.9. The Morgan fingerprint density at radius 1 is 1.11 bits per heavy atom. The Bertz CT molecular complexity index is 1230. The van der Waals surface area contributed by atoms with E-state index >= 15 is 0 Å². The Morgan fingerprint density at radius 2 is 1.86 bits per heavy atom. The van der Waals surface area contributed by atoms with Crippen LogP contribution >= 0.6 is 15.9 Å². The summed E-state index contributed by atoms with van der Waals surface area (Å²) in [5.74, 6) is -0.250. The quantitative estimate of drug-likeness (QED) is 0.398. The van der Waals surface area contributed by atoms with Crippen LogP contribution < -0.4 is 0 Å². The second kappa shape index (κ2) is 7.21. The summed E-state index contributed by atoms with van der Waals surface area (Å²) in [6.45, 7) is 4.09. The van der Waals surface area contributed by atoms with Crippen LogP contribution in [0.25, 0.3) is 16.9 Å². The highest BCUT2D eigenvalue weighted by Crippen LogP contribution is 2.31. The topological polar surface area (TPSA) is 41.1 Å². The van der Waals surface area contributed by atoms with Gasteiger partial charge in [-0.2, -0.15) is 5.26 Å². The van der Waals surface area contributed by atoms with Crippen molar-refractivity contribution in [1.29, 1.82) is 5.26 Å². The molecule has 0 aliphatic heterocycles. The highest BCUT2D eigenvalue weighted by Gasteiger charge is 2.18. The first-order valence-corrected chi connectivity index (χ1v) is 9.69. The summed E-state index contributed by atoms with van der Waals surface area (Å²) in [6.07, 6.45) is 0.546. The second-order valence-corrected chi connectivity index (χ2v) is 7.62. The fourth-order valence-corrected chi connectivity index (χ4v) is 3.81. The molecule has 0 aliphatic carbocycles. The number of aryl methyl sites for hydroxylation is 2. The highest BCUT2D eigenvalue weighted by molar-refractivity contribution is 9.10. The summed E-state index contributed by atoms with van der Waals surface area (Å²) in [5.41, 5.74) is 7.26. The number of hydrogen-bond acceptors (Lipinski definition) is 2. The standard InChI is InChI=1S/C23H17BrFN3/c1-14-10-21-27-23(18-8-6-16(13-26)7-9-18)20(28(21)15(2)22(14)24)12-17-4-3-5-19(25)11-17/h3-11H,12H2,1-2H3. The summed E-state index contributed by atoms with van der Waals surface area (Å²) in [4.78, 5) is 4.89. The van der Waals surface area contributed by atoms with Crippen molar-refractivity contribution in [2.75, 3.05) is 0 Å². The van der Waals surface area contributed by atoms with Gasteiger partial charge in [-0.05, 0) is 71.2 Å². The van der Waals surface area contributed by atoms with Crippen LogP contribution in [-0.4, -0.2) is 9.38 Å². The smallest absolute Gasteiger partial charge is 0.138 e. The fraction of sp³-hybridized carbons (Fsp3) is 0.130. The molecule has 2 aromatic carbocycles. The minimum Gasteiger partial charge on any atom is -0.299 e. The molecule has 0 fully saturated rings. The maximum atomic E-state index is 13.8. The van der Waals surface area contributed by atoms with Crippen molar-refractivity contribution in [2.45, 2.75) is 20.3 Å². The van der Waals surface area contributed by atoms with Gasteiger partial charge in [0, 0.05) is 22.2 Å². The lowest BCUT2D eigenvalue weighted by atomic mass is 10.0. The fourth-order valence-electron chi connectivity index (χ4n) is 3.52. The van der Waals surface area contributed by atoms with E-state index in [1.54, 1.807) is 24.3 Å². The van der Waals surface area contributed by atoms with E-state index in [2.05, 4.69) is 26.4 Å². The molecule has 0 unspecified atom stereocenters. The molecule has 0 spiro atoms. The molecule has 0 bridgehead atoms. The first-order valence-electron chi connectivity index (χ1n) is 8.90. The zero-order valence-electron chi connectivity index (χ0n) is 15.5. The zero-order valence-corrected chi connectivity index (χ0v) is 17.1. The van der Waals surface area contributed by atoms with Gasteiger partial charge in [0.1, 0.15) is 11.5 Å². The van der Waals surface area contributed by atoms with Gasteiger partial charge >= 0.3 is 0 Å². The molecule has 4 rings (SSSR count). The second-order valence-electron chi connectivity index (χ2n) is 6.82. The van der Waals surface area contributed by atoms with Gasteiger partial charge in [-0.3, -0.25) is 4.40 Å². The molecular weight excluding hydrogens is 417 g/mol. The maximum Gasteiger partial charge on any atom is 0.138 e. The van der Waals surface area contributed by atoms with Gasteiger partial charge in [0.15, 0.2) is 0 Å². The van der Waals surface area contributed by atoms with Gasteiger partial charge in [0.2, 0.25) is 0 Å². The first kappa shape index (κ1) is 18.4. The third-order valence-corrected chi connectivity index (χ3v) is 6.09. The van der Waals surface area contributed by atoms with E-state index in [-0.39, 0.29) is 5.82 Å². The van der Waals surface area contributed by atoms with Crippen molar-refractivity contribution in [3.63, 3.8) is 0 Å². The molecular formula is C23H17BrFN3. The van der Waals surface area contributed by atoms with Gasteiger partial charge in [-0.1, -0.05) is 24.3 Å². The maximum absolute atomic E-state index is 13.8. The van der Waals surface area contributed by atoms with Crippen LogP contribution in [0.5, 0.6) is 0 Å². The average molecular weight is 434 g/mol. The monoisotopic (exact) mass is 433 g/mol. The van der Waals surface area contributed by atoms with Gasteiger partial charge in [-0.25, -0.2) is 9.37 Å². The molecule has 0 amide bonds. The molecule has 5 heteroatoms. The molecule has 0 N–H and O–H groups in total. The van der Waals surface area contributed by atoms with Crippen molar-refractivity contribution in [1.82, 2.24) is 9.38 Å². The van der Waals surface area contributed by atoms with Crippen molar-refractivity contribution in [2.24, 2.45) is 0 Å². The summed E-state index contributed by atoms with van der Waals surface area (Å²) in [6, 6.07) is 18.2. The molecule has 2 aromatic heterocycles. The van der Waals surface area contributed by atoms with Crippen LogP contribution in [-0.2, 0) is 6.42 Å². The number of rotatable bonds is 3. The van der Waals surface area contributed by atoms with Gasteiger partial charge in [0.25, 0.3) is 0 Å². The van der Waals surface area contributed by atoms with Crippen molar-refractivity contribution in [3.8, 4) is 17.3 Å². The van der Waals surface area contributed by atoms with Crippen molar-refractivity contribution < 1.29 is 4.39 Å². The summed E-state index contributed by atoms with van der Waals surface area (Å²) in [5, 5.41) is 9.08. The van der Waals surface area contributed by atoms with Crippen LogP contribution in [0.1, 0.15) is 28.1 Å². The average Bonchev–Trinajstić information content (AvgIpc) is 3.04. The number of imidazole rings is 1. The third kappa shape index (κ3) is 3.21. The number of pyridine rings is 1. The number of nitriles is 1. The van der Waals surface area contributed by atoms with E-state index in [0.717, 1.165) is 43.9 Å². The third-order valence-electron chi connectivity index (χ3n) is 4.89. The minimum atomic E-state index is -0.250. The Labute approximate surface area is 171 Å². The zero-order chi connectivity index (χ0) is 19.8. The Kier molecular flexibility index (Phi) is 4.74. The molecule has 3 nitrogen and oxygen atoms in total.